The van der Waals surface area contributed by atoms with Crippen LogP contribution in [0, 0.1) is 6.92 Å². The van der Waals surface area contributed by atoms with Crippen molar-refractivity contribution in [3.63, 3.8) is 0 Å². The summed E-state index contributed by atoms with van der Waals surface area (Å²) in [5, 5.41) is 5.74. The molecule has 1 aliphatic rings. The Kier molecular flexibility index (Phi) is 5.84. The maximum absolute atomic E-state index is 12.4. The Hall–Kier alpha value is -3.06. The predicted octanol–water partition coefficient (Wildman–Crippen LogP) is 2.77. The van der Waals surface area contributed by atoms with Crippen LogP contribution in [0.5, 0.6) is 5.75 Å². The number of likely N-dealkylation sites (N-methyl/N-ethyl adjacent to an activating group) is 2. The summed E-state index contributed by atoms with van der Waals surface area (Å²) in [6.07, 6.45) is 0. The van der Waals surface area contributed by atoms with E-state index in [-0.39, 0.29) is 24.6 Å². The summed E-state index contributed by atoms with van der Waals surface area (Å²) in [7, 11) is 5.66. The normalized spacial score (nSPS) is 14.3. The quantitative estimate of drug-likeness (QED) is 0.834. The van der Waals surface area contributed by atoms with Gasteiger partial charge in [-0.15, -0.1) is 0 Å². The van der Waals surface area contributed by atoms with Crippen molar-refractivity contribution in [3.05, 3.63) is 53.6 Å². The average molecular weight is 382 g/mol. The van der Waals surface area contributed by atoms with E-state index in [0.29, 0.717) is 23.7 Å². The molecule has 2 N–H and O–H groups in total. The lowest BCUT2D eigenvalue weighted by atomic mass is 10.0. The number of fused-ring (bicyclic) bond motifs is 1. The molecule has 0 fully saturated rings. The average Bonchev–Trinajstić information content (AvgIpc) is 2.66. The number of nitrogens with zero attached hydrogens (tertiary/aromatic N) is 2. The molecule has 1 atom stereocenters. The molecular formula is C21H26N4O3. The van der Waals surface area contributed by atoms with Crippen LogP contribution in [0.3, 0.4) is 0 Å². The molecule has 7 heteroatoms. The van der Waals surface area contributed by atoms with Gasteiger partial charge in [-0.1, -0.05) is 29.8 Å². The molecule has 0 saturated heterocycles. The Morgan fingerprint density at radius 2 is 1.93 bits per heavy atom. The van der Waals surface area contributed by atoms with E-state index in [1.165, 1.54) is 10.5 Å². The van der Waals surface area contributed by atoms with Gasteiger partial charge in [0.25, 0.3) is 5.91 Å². The highest BCUT2D eigenvalue weighted by Crippen LogP contribution is 2.33. The molecule has 2 aromatic rings. The van der Waals surface area contributed by atoms with Gasteiger partial charge in [-0.2, -0.15) is 0 Å². The zero-order chi connectivity index (χ0) is 20.3. The van der Waals surface area contributed by atoms with Crippen LogP contribution in [-0.4, -0.2) is 51.1 Å². The van der Waals surface area contributed by atoms with Crippen LogP contribution >= 0.6 is 0 Å². The maximum atomic E-state index is 12.4. The van der Waals surface area contributed by atoms with Crippen molar-refractivity contribution in [1.82, 2.24) is 10.2 Å². The number of ether oxygens (including phenoxy) is 1. The fourth-order valence-electron chi connectivity index (χ4n) is 3.10. The van der Waals surface area contributed by atoms with Crippen LogP contribution in [-0.2, 0) is 4.79 Å². The topological polar surface area (TPSA) is 73.9 Å². The monoisotopic (exact) mass is 382 g/mol. The van der Waals surface area contributed by atoms with Crippen molar-refractivity contribution < 1.29 is 14.3 Å². The van der Waals surface area contributed by atoms with Crippen molar-refractivity contribution in [3.8, 4) is 5.75 Å². The molecule has 0 aliphatic carbocycles. The molecule has 0 aromatic heterocycles. The summed E-state index contributed by atoms with van der Waals surface area (Å²) in [4.78, 5) is 27.8. The number of benzene rings is 2. The summed E-state index contributed by atoms with van der Waals surface area (Å²) in [5.74, 6) is 0.501. The fourth-order valence-corrected chi connectivity index (χ4v) is 3.10. The minimum atomic E-state index is -0.301. The van der Waals surface area contributed by atoms with Gasteiger partial charge in [0.1, 0.15) is 5.75 Å². The fraction of sp³-hybridized carbons (Fsp3) is 0.333. The van der Waals surface area contributed by atoms with E-state index in [2.05, 4.69) is 46.7 Å². The van der Waals surface area contributed by atoms with Gasteiger partial charge in [0.15, 0.2) is 6.61 Å². The van der Waals surface area contributed by atoms with Gasteiger partial charge in [0.05, 0.1) is 11.7 Å². The van der Waals surface area contributed by atoms with E-state index >= 15 is 0 Å². The van der Waals surface area contributed by atoms with Crippen molar-refractivity contribution >= 4 is 23.3 Å². The van der Waals surface area contributed by atoms with Crippen LogP contribution in [0.1, 0.15) is 17.2 Å². The minimum Gasteiger partial charge on any atom is -0.482 e. The van der Waals surface area contributed by atoms with Crippen LogP contribution in [0.15, 0.2) is 42.5 Å². The molecule has 0 bridgehead atoms. The molecule has 3 rings (SSSR count). The molecule has 148 valence electrons. The second-order valence-electron chi connectivity index (χ2n) is 7.15. The number of carbonyl (C=O) groups excluding carboxylic acids is 2. The Morgan fingerprint density at radius 1 is 1.21 bits per heavy atom. The number of hydrogen-bond acceptors (Lipinski definition) is 4. The lowest BCUT2D eigenvalue weighted by Crippen LogP contribution is -2.37. The van der Waals surface area contributed by atoms with Gasteiger partial charge >= 0.3 is 6.03 Å². The Bertz CT molecular complexity index is 864. The third-order valence-corrected chi connectivity index (χ3v) is 4.84. The van der Waals surface area contributed by atoms with E-state index in [1.54, 1.807) is 25.2 Å². The summed E-state index contributed by atoms with van der Waals surface area (Å²) in [5.41, 5.74) is 3.58. The smallest absolute Gasteiger partial charge is 0.319 e. The lowest BCUT2D eigenvalue weighted by Gasteiger charge is -2.27. The first kappa shape index (κ1) is 19.7. The van der Waals surface area contributed by atoms with Crippen molar-refractivity contribution in [1.29, 1.82) is 0 Å². The zero-order valence-corrected chi connectivity index (χ0v) is 16.7. The second-order valence-corrected chi connectivity index (χ2v) is 7.15. The molecule has 0 spiro atoms. The Labute approximate surface area is 165 Å². The first-order valence-corrected chi connectivity index (χ1v) is 9.16. The number of rotatable bonds is 5. The van der Waals surface area contributed by atoms with E-state index < -0.39 is 0 Å². The van der Waals surface area contributed by atoms with Gasteiger partial charge in [-0.3, -0.25) is 4.79 Å². The molecule has 1 aliphatic heterocycles. The summed E-state index contributed by atoms with van der Waals surface area (Å²) >= 11 is 0. The highest BCUT2D eigenvalue weighted by Gasteiger charge is 2.22. The van der Waals surface area contributed by atoms with Gasteiger partial charge in [-0.05, 0) is 44.8 Å². The largest absolute Gasteiger partial charge is 0.482 e. The summed E-state index contributed by atoms with van der Waals surface area (Å²) in [6, 6.07) is 13.3. The number of urea groups is 1. The Balaban J connectivity index is 1.63. The maximum Gasteiger partial charge on any atom is 0.319 e. The van der Waals surface area contributed by atoms with E-state index in [4.69, 9.17) is 4.74 Å². The summed E-state index contributed by atoms with van der Waals surface area (Å²) in [6.45, 7) is 2.55. The molecule has 0 radical (unpaired) electrons. The lowest BCUT2D eigenvalue weighted by molar-refractivity contribution is -0.120. The molecule has 28 heavy (non-hydrogen) atoms. The van der Waals surface area contributed by atoms with Gasteiger partial charge in [0, 0.05) is 19.3 Å². The number of carbonyl (C=O) groups is 2. The number of nitrogens with one attached hydrogen (secondary N) is 2. The highest BCUT2D eigenvalue weighted by atomic mass is 16.5. The molecule has 1 heterocycles. The second kappa shape index (κ2) is 8.31. The Morgan fingerprint density at radius 3 is 2.61 bits per heavy atom. The van der Waals surface area contributed by atoms with Crippen LogP contribution < -0.4 is 20.3 Å². The summed E-state index contributed by atoms with van der Waals surface area (Å²) < 4.78 is 5.40. The number of amides is 3. The zero-order valence-electron chi connectivity index (χ0n) is 16.7. The minimum absolute atomic E-state index is 0.0295. The van der Waals surface area contributed by atoms with Crippen LogP contribution in [0.2, 0.25) is 0 Å². The molecule has 7 nitrogen and oxygen atoms in total. The van der Waals surface area contributed by atoms with Crippen molar-refractivity contribution in [2.24, 2.45) is 0 Å². The first-order chi connectivity index (χ1) is 13.3. The van der Waals surface area contributed by atoms with E-state index in [0.717, 1.165) is 5.56 Å². The van der Waals surface area contributed by atoms with Gasteiger partial charge in [0.2, 0.25) is 0 Å². The third kappa shape index (κ3) is 4.43. The van der Waals surface area contributed by atoms with Crippen LogP contribution in [0.4, 0.5) is 16.2 Å². The van der Waals surface area contributed by atoms with Crippen LogP contribution in [0.25, 0.3) is 0 Å². The molecular weight excluding hydrogens is 356 g/mol. The predicted molar refractivity (Wildman–Crippen MR) is 110 cm³/mol. The number of aryl methyl sites for hydroxylation is 1. The van der Waals surface area contributed by atoms with Crippen molar-refractivity contribution in [2.45, 2.75) is 13.0 Å². The third-order valence-electron chi connectivity index (χ3n) is 4.84. The van der Waals surface area contributed by atoms with E-state index in [9.17, 15) is 9.59 Å². The van der Waals surface area contributed by atoms with E-state index in [1.807, 2.05) is 14.1 Å². The standard InChI is InChI=1S/C21H26N4O3/c1-14-5-7-15(8-6-14)18(24(2)3)12-22-21(27)23-16-9-10-19-17(11-16)25(4)20(26)13-28-19/h5-11,18H,12-13H2,1-4H3,(H2,22,23,27)/t18-/m1/s1. The molecule has 0 unspecified atom stereocenters. The van der Waals surface area contributed by atoms with Crippen molar-refractivity contribution in [2.75, 3.05) is 44.5 Å². The SMILES string of the molecule is Cc1ccc([C@@H](CNC(=O)Nc2ccc3c(c2)N(C)C(=O)CO3)N(C)C)cc1. The first-order valence-electron chi connectivity index (χ1n) is 9.16. The molecule has 3 amide bonds. The molecule has 0 saturated carbocycles. The van der Waals surface area contributed by atoms with Gasteiger partial charge in [-0.25, -0.2) is 4.79 Å². The molecule has 2 aromatic carbocycles. The highest BCUT2D eigenvalue weighted by molar-refractivity contribution is 5.99. The number of hydrogen-bond donors (Lipinski definition) is 2. The van der Waals surface area contributed by atoms with Gasteiger partial charge < -0.3 is 25.2 Å². The number of anilines is 2.